The highest BCUT2D eigenvalue weighted by molar-refractivity contribution is 7.89. The third kappa shape index (κ3) is 6.79. The lowest BCUT2D eigenvalue weighted by Crippen LogP contribution is -2.58. The molecule has 39 heavy (non-hydrogen) atoms. The third-order valence-corrected chi connectivity index (χ3v) is 10.5. The van der Waals surface area contributed by atoms with Gasteiger partial charge in [-0.05, 0) is 62.1 Å². The number of carbonyl (C=O) groups is 2. The molecule has 1 N–H and O–H groups in total. The molecule has 0 radical (unpaired) electrons. The van der Waals surface area contributed by atoms with Crippen LogP contribution >= 0.6 is 23.2 Å². The molecule has 1 aliphatic rings. The molecule has 1 amide bonds. The van der Waals surface area contributed by atoms with Gasteiger partial charge in [-0.1, -0.05) is 68.2 Å². The molecule has 1 unspecified atom stereocenters. The van der Waals surface area contributed by atoms with Crippen LogP contribution in [0.3, 0.4) is 0 Å². The van der Waals surface area contributed by atoms with Gasteiger partial charge in [0.05, 0.1) is 23.1 Å². The van der Waals surface area contributed by atoms with Crippen LogP contribution in [-0.2, 0) is 19.6 Å². The number of likely N-dealkylation sites (tertiary alicyclic amines) is 1. The van der Waals surface area contributed by atoms with Gasteiger partial charge < -0.3 is 10.0 Å². The molecule has 0 bridgehead atoms. The summed E-state index contributed by atoms with van der Waals surface area (Å²) in [6.45, 7) is 9.04. The topological polar surface area (TPSA) is 95.0 Å². The Morgan fingerprint density at radius 3 is 2.26 bits per heavy atom. The standard InChI is InChI=1S/C29H38Cl2N2O5S/c1-6-24(18-32(7-2)39(37,38)19(3)4)33-27(20-11-13-22(30)14-12-20)25(21-9-8-10-23(31)15-21)16-29(5,28(33)36)17-26(34)35/h8-15,19,24-25,27H,6-7,16-18H2,1-5H3,(H,34,35)/t24-,25?,27+,29+/m0/s1. The molecule has 2 aromatic rings. The summed E-state index contributed by atoms with van der Waals surface area (Å²) >= 11 is 12.6. The van der Waals surface area contributed by atoms with Gasteiger partial charge in [-0.3, -0.25) is 9.59 Å². The minimum absolute atomic E-state index is 0.106. The molecular weight excluding hydrogens is 559 g/mol. The number of hydrogen-bond acceptors (Lipinski definition) is 4. The average Bonchev–Trinajstić information content (AvgIpc) is 2.86. The van der Waals surface area contributed by atoms with Crippen LogP contribution in [0.25, 0.3) is 0 Å². The summed E-state index contributed by atoms with van der Waals surface area (Å²) in [5.41, 5.74) is 0.514. The van der Waals surface area contributed by atoms with Crippen LogP contribution in [0, 0.1) is 5.41 Å². The van der Waals surface area contributed by atoms with Crippen LogP contribution in [-0.4, -0.2) is 59.0 Å². The fourth-order valence-electron chi connectivity index (χ4n) is 5.64. The lowest BCUT2D eigenvalue weighted by molar-refractivity contribution is -0.160. The summed E-state index contributed by atoms with van der Waals surface area (Å²) in [4.78, 5) is 28.1. The van der Waals surface area contributed by atoms with E-state index in [1.165, 1.54) is 4.31 Å². The second-order valence-electron chi connectivity index (χ2n) is 10.8. The van der Waals surface area contributed by atoms with Crippen molar-refractivity contribution in [1.29, 1.82) is 0 Å². The fourth-order valence-corrected chi connectivity index (χ4v) is 7.30. The highest BCUT2D eigenvalue weighted by atomic mass is 35.5. The van der Waals surface area contributed by atoms with Gasteiger partial charge in [-0.25, -0.2) is 8.42 Å². The number of amides is 1. The minimum atomic E-state index is -3.59. The number of halogens is 2. The molecule has 3 rings (SSSR count). The van der Waals surface area contributed by atoms with Crippen LogP contribution in [0.2, 0.25) is 10.0 Å². The van der Waals surface area contributed by atoms with Crippen molar-refractivity contribution in [2.24, 2.45) is 5.41 Å². The van der Waals surface area contributed by atoms with Crippen molar-refractivity contribution < 1.29 is 23.1 Å². The second kappa shape index (κ2) is 12.6. The van der Waals surface area contributed by atoms with E-state index in [1.54, 1.807) is 50.8 Å². The number of carbonyl (C=O) groups excluding carboxylic acids is 1. The van der Waals surface area contributed by atoms with E-state index in [-0.39, 0.29) is 31.3 Å². The first-order valence-electron chi connectivity index (χ1n) is 13.3. The lowest BCUT2D eigenvalue weighted by atomic mass is 9.67. The molecule has 2 aromatic carbocycles. The Morgan fingerprint density at radius 2 is 1.74 bits per heavy atom. The smallest absolute Gasteiger partial charge is 0.304 e. The molecule has 1 saturated heterocycles. The number of nitrogens with zero attached hydrogens (tertiary/aromatic N) is 2. The molecule has 0 aromatic heterocycles. The van der Waals surface area contributed by atoms with Gasteiger partial charge in [0.25, 0.3) is 0 Å². The summed E-state index contributed by atoms with van der Waals surface area (Å²) in [6.07, 6.45) is 0.427. The largest absolute Gasteiger partial charge is 0.481 e. The van der Waals surface area contributed by atoms with Gasteiger partial charge in [0.2, 0.25) is 15.9 Å². The van der Waals surface area contributed by atoms with Gasteiger partial charge in [-0.2, -0.15) is 4.31 Å². The van der Waals surface area contributed by atoms with Crippen LogP contribution in [0.5, 0.6) is 0 Å². The summed E-state index contributed by atoms with van der Waals surface area (Å²) in [7, 11) is -3.59. The Kier molecular flexibility index (Phi) is 10.1. The quantitative estimate of drug-likeness (QED) is 0.325. The van der Waals surface area contributed by atoms with Crippen molar-refractivity contribution in [1.82, 2.24) is 9.21 Å². The Balaban J connectivity index is 2.25. The van der Waals surface area contributed by atoms with Crippen LogP contribution < -0.4 is 0 Å². The van der Waals surface area contributed by atoms with E-state index < -0.39 is 38.7 Å². The monoisotopic (exact) mass is 596 g/mol. The maximum atomic E-state index is 14.4. The Bertz CT molecular complexity index is 1280. The summed E-state index contributed by atoms with van der Waals surface area (Å²) in [5.74, 6) is -1.66. The van der Waals surface area contributed by atoms with Gasteiger partial charge in [0, 0.05) is 35.1 Å². The summed E-state index contributed by atoms with van der Waals surface area (Å²) in [6, 6.07) is 13.7. The molecule has 0 spiro atoms. The number of carboxylic acids is 1. The van der Waals surface area contributed by atoms with Gasteiger partial charge in [0.15, 0.2) is 0 Å². The van der Waals surface area contributed by atoms with Crippen molar-refractivity contribution in [2.45, 2.75) is 77.1 Å². The van der Waals surface area contributed by atoms with Crippen molar-refractivity contribution in [3.63, 3.8) is 0 Å². The Hall–Kier alpha value is -2.13. The van der Waals surface area contributed by atoms with Crippen molar-refractivity contribution in [3.05, 3.63) is 69.7 Å². The first-order chi connectivity index (χ1) is 18.2. The molecule has 1 fully saturated rings. The highest BCUT2D eigenvalue weighted by Gasteiger charge is 2.52. The van der Waals surface area contributed by atoms with E-state index in [4.69, 9.17) is 23.2 Å². The average molecular weight is 598 g/mol. The number of aliphatic carboxylic acids is 1. The number of likely N-dealkylation sites (N-methyl/N-ethyl adjacent to an activating group) is 1. The van der Waals surface area contributed by atoms with E-state index in [0.29, 0.717) is 22.9 Å². The Labute approximate surface area is 242 Å². The van der Waals surface area contributed by atoms with Gasteiger partial charge in [-0.15, -0.1) is 0 Å². The fraction of sp³-hybridized carbons (Fsp3) is 0.517. The van der Waals surface area contributed by atoms with Crippen molar-refractivity contribution in [2.75, 3.05) is 13.1 Å². The second-order valence-corrected chi connectivity index (χ2v) is 14.2. The zero-order valence-electron chi connectivity index (χ0n) is 23.1. The molecule has 214 valence electrons. The zero-order chi connectivity index (χ0) is 29.1. The zero-order valence-corrected chi connectivity index (χ0v) is 25.4. The number of carboxylic acid groups (broad SMARTS) is 1. The van der Waals surface area contributed by atoms with Crippen LogP contribution in [0.1, 0.15) is 77.0 Å². The van der Waals surface area contributed by atoms with Crippen molar-refractivity contribution >= 4 is 45.1 Å². The number of benzene rings is 2. The first-order valence-corrected chi connectivity index (χ1v) is 15.6. The number of sulfonamides is 1. The maximum Gasteiger partial charge on any atom is 0.304 e. The van der Waals surface area contributed by atoms with E-state index in [9.17, 15) is 23.1 Å². The predicted molar refractivity (Wildman–Crippen MR) is 156 cm³/mol. The summed E-state index contributed by atoms with van der Waals surface area (Å²) in [5, 5.41) is 10.3. The van der Waals surface area contributed by atoms with Crippen molar-refractivity contribution in [3.8, 4) is 0 Å². The lowest BCUT2D eigenvalue weighted by Gasteiger charge is -2.52. The molecule has 1 heterocycles. The third-order valence-electron chi connectivity index (χ3n) is 7.72. The normalized spacial score (nSPS) is 22.9. The molecule has 0 aliphatic carbocycles. The molecule has 10 heteroatoms. The Morgan fingerprint density at radius 1 is 1.10 bits per heavy atom. The molecule has 7 nitrogen and oxygen atoms in total. The minimum Gasteiger partial charge on any atom is -0.481 e. The van der Waals surface area contributed by atoms with E-state index >= 15 is 0 Å². The number of rotatable bonds is 11. The number of piperidine rings is 1. The van der Waals surface area contributed by atoms with Crippen LogP contribution in [0.4, 0.5) is 0 Å². The first kappa shape index (κ1) is 31.4. The molecule has 4 atom stereocenters. The predicted octanol–water partition coefficient (Wildman–Crippen LogP) is 6.37. The molecule has 0 saturated carbocycles. The van der Waals surface area contributed by atoms with E-state index in [1.807, 2.05) is 37.3 Å². The van der Waals surface area contributed by atoms with E-state index in [2.05, 4.69) is 0 Å². The summed E-state index contributed by atoms with van der Waals surface area (Å²) < 4.78 is 27.8. The maximum absolute atomic E-state index is 14.4. The SMILES string of the molecule is CC[C@@H](CN(CC)S(=O)(=O)C(C)C)N1C(=O)[C@@](C)(CC(=O)O)CC(c2cccc(Cl)c2)[C@H]1c1ccc(Cl)cc1. The molecule has 1 aliphatic heterocycles. The van der Waals surface area contributed by atoms with Gasteiger partial charge >= 0.3 is 5.97 Å². The van der Waals surface area contributed by atoms with Gasteiger partial charge in [0.1, 0.15) is 0 Å². The number of hydrogen-bond donors (Lipinski definition) is 1. The molecular formula is C29H38Cl2N2O5S. The van der Waals surface area contributed by atoms with Crippen LogP contribution in [0.15, 0.2) is 48.5 Å². The van der Waals surface area contributed by atoms with E-state index in [0.717, 1.165) is 11.1 Å². The highest BCUT2D eigenvalue weighted by Crippen LogP contribution is 2.52.